The van der Waals surface area contributed by atoms with E-state index in [1.165, 1.54) is 0 Å². The molecule has 28 heavy (non-hydrogen) atoms. The SMILES string of the molecule is CN(CCOc1cccc(CNC(=O)C2CCNCC2)c1)C1CCOCC1.Cl. The van der Waals surface area contributed by atoms with E-state index in [4.69, 9.17) is 9.47 Å². The zero-order valence-electron chi connectivity index (χ0n) is 16.8. The third kappa shape index (κ3) is 7.24. The summed E-state index contributed by atoms with van der Waals surface area (Å²) in [6.07, 6.45) is 4.05. The maximum Gasteiger partial charge on any atom is 0.223 e. The average molecular weight is 412 g/mol. The van der Waals surface area contributed by atoms with Gasteiger partial charge in [-0.2, -0.15) is 0 Å². The van der Waals surface area contributed by atoms with Crippen LogP contribution < -0.4 is 15.4 Å². The van der Waals surface area contributed by atoms with Gasteiger partial charge in [-0.1, -0.05) is 12.1 Å². The molecular formula is C21H34ClN3O3. The van der Waals surface area contributed by atoms with Crippen molar-refractivity contribution in [2.24, 2.45) is 5.92 Å². The van der Waals surface area contributed by atoms with Crippen molar-refractivity contribution in [2.75, 3.05) is 46.5 Å². The predicted molar refractivity (Wildman–Crippen MR) is 113 cm³/mol. The Bertz CT molecular complexity index is 590. The molecule has 158 valence electrons. The molecule has 2 aliphatic rings. The zero-order valence-corrected chi connectivity index (χ0v) is 17.6. The van der Waals surface area contributed by atoms with Crippen LogP contribution in [-0.2, 0) is 16.1 Å². The number of nitrogens with one attached hydrogen (secondary N) is 2. The Labute approximate surface area is 174 Å². The Morgan fingerprint density at radius 2 is 2.00 bits per heavy atom. The Kier molecular flexibility index (Phi) is 10.1. The van der Waals surface area contributed by atoms with E-state index in [9.17, 15) is 4.79 Å². The normalized spacial score (nSPS) is 18.5. The summed E-state index contributed by atoms with van der Waals surface area (Å²) in [5, 5.41) is 6.36. The first kappa shape index (κ1) is 22.9. The molecule has 2 heterocycles. The molecule has 0 unspecified atom stereocenters. The van der Waals surface area contributed by atoms with Gasteiger partial charge in [0.25, 0.3) is 0 Å². The summed E-state index contributed by atoms with van der Waals surface area (Å²) >= 11 is 0. The van der Waals surface area contributed by atoms with Crippen molar-refractivity contribution in [1.82, 2.24) is 15.5 Å². The topological polar surface area (TPSA) is 62.8 Å². The lowest BCUT2D eigenvalue weighted by Gasteiger charge is -2.31. The summed E-state index contributed by atoms with van der Waals surface area (Å²) in [6.45, 7) is 5.72. The van der Waals surface area contributed by atoms with E-state index in [0.29, 0.717) is 19.2 Å². The summed E-state index contributed by atoms with van der Waals surface area (Å²) in [6, 6.07) is 8.62. The first-order valence-electron chi connectivity index (χ1n) is 10.2. The molecule has 0 aliphatic carbocycles. The fraction of sp³-hybridized carbons (Fsp3) is 0.667. The van der Waals surface area contributed by atoms with Crippen molar-refractivity contribution >= 4 is 18.3 Å². The number of carbonyl (C=O) groups is 1. The van der Waals surface area contributed by atoms with E-state index < -0.39 is 0 Å². The number of hydrogen-bond acceptors (Lipinski definition) is 5. The largest absolute Gasteiger partial charge is 0.492 e. The molecule has 1 aromatic rings. The second-order valence-corrected chi connectivity index (χ2v) is 7.56. The van der Waals surface area contributed by atoms with Crippen LogP contribution >= 0.6 is 12.4 Å². The lowest BCUT2D eigenvalue weighted by Crippen LogP contribution is -2.38. The summed E-state index contributed by atoms with van der Waals surface area (Å²) < 4.78 is 11.4. The van der Waals surface area contributed by atoms with Gasteiger partial charge in [0, 0.05) is 38.3 Å². The van der Waals surface area contributed by atoms with Crippen LogP contribution in [0.2, 0.25) is 0 Å². The van der Waals surface area contributed by atoms with Gasteiger partial charge in [-0.25, -0.2) is 0 Å². The Balaban J connectivity index is 0.00000280. The Hall–Kier alpha value is -1.34. The third-order valence-electron chi connectivity index (χ3n) is 5.60. The second kappa shape index (κ2) is 12.3. The van der Waals surface area contributed by atoms with Gasteiger partial charge >= 0.3 is 0 Å². The van der Waals surface area contributed by atoms with Crippen LogP contribution in [0.4, 0.5) is 0 Å². The van der Waals surface area contributed by atoms with Crippen molar-refractivity contribution in [1.29, 1.82) is 0 Å². The fourth-order valence-electron chi connectivity index (χ4n) is 3.78. The summed E-state index contributed by atoms with van der Waals surface area (Å²) in [5.41, 5.74) is 1.08. The van der Waals surface area contributed by atoms with Gasteiger partial charge in [0.15, 0.2) is 0 Å². The van der Waals surface area contributed by atoms with Crippen LogP contribution in [0, 0.1) is 5.92 Å². The van der Waals surface area contributed by atoms with Gasteiger partial charge in [-0.05, 0) is 63.5 Å². The van der Waals surface area contributed by atoms with E-state index in [0.717, 1.165) is 69.8 Å². The highest BCUT2D eigenvalue weighted by molar-refractivity contribution is 5.85. The molecule has 1 amide bonds. The van der Waals surface area contributed by atoms with Gasteiger partial charge in [0.2, 0.25) is 5.91 Å². The highest BCUT2D eigenvalue weighted by Crippen LogP contribution is 2.16. The van der Waals surface area contributed by atoms with Gasteiger partial charge in [-0.3, -0.25) is 9.69 Å². The molecule has 0 atom stereocenters. The van der Waals surface area contributed by atoms with E-state index in [-0.39, 0.29) is 24.2 Å². The Morgan fingerprint density at radius 3 is 2.75 bits per heavy atom. The molecule has 7 heteroatoms. The number of likely N-dealkylation sites (N-methyl/N-ethyl adjacent to an activating group) is 1. The molecule has 0 bridgehead atoms. The van der Waals surface area contributed by atoms with Crippen LogP contribution in [-0.4, -0.2) is 63.4 Å². The lowest BCUT2D eigenvalue weighted by molar-refractivity contribution is -0.125. The molecule has 2 saturated heterocycles. The van der Waals surface area contributed by atoms with E-state index >= 15 is 0 Å². The van der Waals surface area contributed by atoms with Crippen LogP contribution in [0.5, 0.6) is 5.75 Å². The number of carbonyl (C=O) groups excluding carboxylic acids is 1. The summed E-state index contributed by atoms with van der Waals surface area (Å²) in [7, 11) is 2.16. The number of halogens is 1. The molecular weight excluding hydrogens is 378 g/mol. The van der Waals surface area contributed by atoms with Crippen molar-refractivity contribution in [3.8, 4) is 5.75 Å². The summed E-state index contributed by atoms with van der Waals surface area (Å²) in [5.74, 6) is 1.18. The number of amides is 1. The quantitative estimate of drug-likeness (QED) is 0.686. The van der Waals surface area contributed by atoms with E-state index in [1.807, 2.05) is 24.3 Å². The molecule has 0 aromatic heterocycles. The molecule has 2 aliphatic heterocycles. The maximum atomic E-state index is 12.3. The van der Waals surface area contributed by atoms with Crippen molar-refractivity contribution in [2.45, 2.75) is 38.3 Å². The minimum Gasteiger partial charge on any atom is -0.492 e. The molecule has 0 spiro atoms. The molecule has 2 fully saturated rings. The number of nitrogens with zero attached hydrogens (tertiary/aromatic N) is 1. The highest BCUT2D eigenvalue weighted by Gasteiger charge is 2.20. The van der Waals surface area contributed by atoms with Crippen LogP contribution in [0.3, 0.4) is 0 Å². The van der Waals surface area contributed by atoms with E-state index in [1.54, 1.807) is 0 Å². The standard InChI is InChI=1S/C21H33N3O3.ClH/c1-24(19-7-12-26-13-8-19)11-14-27-20-4-2-3-17(15-20)16-23-21(25)18-5-9-22-10-6-18;/h2-4,15,18-19,22H,5-14,16H2,1H3,(H,23,25);1H. The van der Waals surface area contributed by atoms with Gasteiger partial charge in [0.05, 0.1) is 0 Å². The monoisotopic (exact) mass is 411 g/mol. The minimum atomic E-state index is 0. The average Bonchev–Trinajstić information content (AvgIpc) is 2.73. The molecule has 1 aromatic carbocycles. The first-order valence-corrected chi connectivity index (χ1v) is 10.2. The van der Waals surface area contributed by atoms with Gasteiger partial charge in [-0.15, -0.1) is 12.4 Å². The number of hydrogen-bond donors (Lipinski definition) is 2. The van der Waals surface area contributed by atoms with Crippen molar-refractivity contribution in [3.63, 3.8) is 0 Å². The minimum absolute atomic E-state index is 0. The number of ether oxygens (including phenoxy) is 2. The zero-order chi connectivity index (χ0) is 18.9. The first-order chi connectivity index (χ1) is 13.2. The van der Waals surface area contributed by atoms with Crippen molar-refractivity contribution in [3.05, 3.63) is 29.8 Å². The maximum absolute atomic E-state index is 12.3. The number of piperidine rings is 1. The molecule has 0 radical (unpaired) electrons. The third-order valence-corrected chi connectivity index (χ3v) is 5.60. The number of benzene rings is 1. The summed E-state index contributed by atoms with van der Waals surface area (Å²) in [4.78, 5) is 14.6. The smallest absolute Gasteiger partial charge is 0.223 e. The van der Waals surface area contributed by atoms with Gasteiger partial charge in [0.1, 0.15) is 12.4 Å². The molecule has 2 N–H and O–H groups in total. The number of rotatable bonds is 8. The van der Waals surface area contributed by atoms with Crippen LogP contribution in [0.1, 0.15) is 31.2 Å². The Morgan fingerprint density at radius 1 is 1.25 bits per heavy atom. The molecule has 6 nitrogen and oxygen atoms in total. The van der Waals surface area contributed by atoms with Gasteiger partial charge < -0.3 is 20.1 Å². The fourth-order valence-corrected chi connectivity index (χ4v) is 3.78. The van der Waals surface area contributed by atoms with Crippen LogP contribution in [0.25, 0.3) is 0 Å². The van der Waals surface area contributed by atoms with Crippen molar-refractivity contribution < 1.29 is 14.3 Å². The predicted octanol–water partition coefficient (Wildman–Crippen LogP) is 2.21. The van der Waals surface area contributed by atoms with E-state index in [2.05, 4.69) is 22.6 Å². The second-order valence-electron chi connectivity index (χ2n) is 7.56. The molecule has 0 saturated carbocycles. The lowest BCUT2D eigenvalue weighted by atomic mass is 9.97. The highest BCUT2D eigenvalue weighted by atomic mass is 35.5. The molecule has 3 rings (SSSR count). The van der Waals surface area contributed by atoms with Crippen LogP contribution in [0.15, 0.2) is 24.3 Å².